The van der Waals surface area contributed by atoms with Gasteiger partial charge in [-0.25, -0.2) is 4.57 Å². The molecule has 0 bridgehead atoms. The first-order valence-corrected chi connectivity index (χ1v) is 2.25. The predicted molar refractivity (Wildman–Crippen MR) is 24.3 cm³/mol. The molecule has 1 unspecified atom stereocenters. The van der Waals surface area contributed by atoms with Gasteiger partial charge in [0.15, 0.2) is 0 Å². The molecule has 0 saturated heterocycles. The van der Waals surface area contributed by atoms with E-state index in [-0.39, 0.29) is 9.90 Å². The Labute approximate surface area is 37.5 Å². The summed E-state index contributed by atoms with van der Waals surface area (Å²) in [5.74, 6) is 0. The van der Waals surface area contributed by atoms with Crippen LogP contribution >= 0.6 is 17.8 Å². The summed E-state index contributed by atoms with van der Waals surface area (Å²) >= 11 is 0. The van der Waals surface area contributed by atoms with Crippen LogP contribution in [0.4, 0.5) is 4.20 Å². The van der Waals surface area contributed by atoms with Crippen molar-refractivity contribution in [3.05, 3.63) is 0 Å². The van der Waals surface area contributed by atoms with E-state index >= 15 is 0 Å². The van der Waals surface area contributed by atoms with Gasteiger partial charge in [-0.05, 0) is 0 Å². The van der Waals surface area contributed by atoms with Crippen molar-refractivity contribution in [2.24, 2.45) is 0 Å². The molecule has 0 rings (SSSR count). The van der Waals surface area contributed by atoms with E-state index in [0.29, 0.717) is 0 Å². The minimum absolute atomic E-state index is 0. The van der Waals surface area contributed by atoms with Crippen molar-refractivity contribution in [3.63, 3.8) is 0 Å². The SMILES string of the molecule is O=P(O)(O)F.P. The molecular formula is H5FO3P2. The van der Waals surface area contributed by atoms with Gasteiger partial charge in [-0.15, -0.1) is 4.20 Å². The average molecular weight is 134 g/mol. The topological polar surface area (TPSA) is 57.5 Å². The van der Waals surface area contributed by atoms with Crippen molar-refractivity contribution in [3.8, 4) is 0 Å². The lowest BCUT2D eigenvalue weighted by molar-refractivity contribution is 0.322. The average Bonchev–Trinajstić information content (AvgIpc) is 0.722. The molecule has 0 aliphatic rings. The van der Waals surface area contributed by atoms with E-state index in [2.05, 4.69) is 0 Å². The summed E-state index contributed by atoms with van der Waals surface area (Å²) in [5.41, 5.74) is 0. The van der Waals surface area contributed by atoms with Gasteiger partial charge in [-0.3, -0.25) is 9.79 Å². The lowest BCUT2D eigenvalue weighted by Crippen LogP contribution is -1.56. The molecule has 0 heterocycles. The number of hydrogen-bond donors (Lipinski definition) is 2. The van der Waals surface area contributed by atoms with Crippen LogP contribution in [-0.4, -0.2) is 9.79 Å². The normalized spacial score (nSPS) is 9.83. The highest BCUT2D eigenvalue weighted by Gasteiger charge is 2.04. The summed E-state index contributed by atoms with van der Waals surface area (Å²) in [4.78, 5) is 13.9. The van der Waals surface area contributed by atoms with E-state index in [1.54, 1.807) is 0 Å². The molecule has 0 aliphatic heterocycles. The smallest absolute Gasteiger partial charge is 0.299 e. The molecule has 0 saturated carbocycles. The summed E-state index contributed by atoms with van der Waals surface area (Å²) in [7, 11) is -5.14. The van der Waals surface area contributed by atoms with Crippen LogP contribution in [0.3, 0.4) is 0 Å². The molecule has 3 nitrogen and oxygen atoms in total. The van der Waals surface area contributed by atoms with Crippen molar-refractivity contribution in [2.75, 3.05) is 0 Å². The fourth-order valence-electron chi connectivity index (χ4n) is 0. The van der Waals surface area contributed by atoms with Gasteiger partial charge >= 0.3 is 7.91 Å². The summed E-state index contributed by atoms with van der Waals surface area (Å²) in [5, 5.41) is 0. The van der Waals surface area contributed by atoms with Gasteiger partial charge in [0, 0.05) is 0 Å². The Morgan fingerprint density at radius 1 is 1.50 bits per heavy atom. The van der Waals surface area contributed by atoms with Crippen molar-refractivity contribution in [1.82, 2.24) is 0 Å². The summed E-state index contributed by atoms with van der Waals surface area (Å²) in [6.45, 7) is 0. The number of hydrogen-bond acceptors (Lipinski definition) is 1. The zero-order valence-corrected chi connectivity index (χ0v) is 5.14. The maximum absolute atomic E-state index is 10.4. The quantitative estimate of drug-likeness (QED) is 0.462. The maximum atomic E-state index is 10.4. The summed E-state index contributed by atoms with van der Waals surface area (Å²) < 4.78 is 19.0. The summed E-state index contributed by atoms with van der Waals surface area (Å²) in [6.07, 6.45) is 0. The van der Waals surface area contributed by atoms with E-state index < -0.39 is 7.91 Å². The first kappa shape index (κ1) is 9.72. The Kier molecular flexibility index (Phi) is 4.28. The molecule has 0 aromatic carbocycles. The Hall–Kier alpha value is 0.510. The van der Waals surface area contributed by atoms with Gasteiger partial charge in [0.05, 0.1) is 0 Å². The maximum Gasteiger partial charge on any atom is 0.507 e. The van der Waals surface area contributed by atoms with Crippen LogP contribution in [-0.2, 0) is 4.57 Å². The molecule has 0 amide bonds. The van der Waals surface area contributed by atoms with Gasteiger partial charge in [-0.1, -0.05) is 0 Å². The highest BCUT2D eigenvalue weighted by atomic mass is 31.2. The zero-order chi connectivity index (χ0) is 4.50. The molecule has 1 atom stereocenters. The highest BCUT2D eigenvalue weighted by Crippen LogP contribution is 2.34. The lowest BCUT2D eigenvalue weighted by atomic mass is 15.8. The first-order chi connectivity index (χ1) is 2.00. The minimum atomic E-state index is -5.14. The van der Waals surface area contributed by atoms with E-state index in [0.717, 1.165) is 0 Å². The molecule has 6 heteroatoms. The van der Waals surface area contributed by atoms with Crippen LogP contribution in [0.15, 0.2) is 0 Å². The molecule has 0 aromatic heterocycles. The molecule has 2 N–H and O–H groups in total. The van der Waals surface area contributed by atoms with Crippen molar-refractivity contribution in [2.45, 2.75) is 0 Å². The third-order valence-electron chi connectivity index (χ3n) is 0. The lowest BCUT2D eigenvalue weighted by Gasteiger charge is -1.77. The van der Waals surface area contributed by atoms with Crippen LogP contribution in [0.1, 0.15) is 0 Å². The summed E-state index contributed by atoms with van der Waals surface area (Å²) in [6, 6.07) is 0. The minimum Gasteiger partial charge on any atom is -0.299 e. The second-order valence-corrected chi connectivity index (χ2v) is 1.42. The predicted octanol–water partition coefficient (Wildman–Crippen LogP) is 0.107. The molecule has 6 heavy (non-hydrogen) atoms. The fourth-order valence-corrected chi connectivity index (χ4v) is 0. The third-order valence-corrected chi connectivity index (χ3v) is 0. The standard InChI is InChI=1S/FH2O3P.H3P/c1-5(2,3)4;/h(H2,2,3,4);1H3. The molecule has 40 valence electrons. The van der Waals surface area contributed by atoms with Gasteiger partial charge in [0.1, 0.15) is 0 Å². The van der Waals surface area contributed by atoms with E-state index in [9.17, 15) is 4.20 Å². The third kappa shape index (κ3) is 214. The number of rotatable bonds is 0. The first-order valence-electron chi connectivity index (χ1n) is 0.752. The van der Waals surface area contributed by atoms with E-state index in [1.165, 1.54) is 0 Å². The van der Waals surface area contributed by atoms with Crippen molar-refractivity contribution < 1.29 is 18.5 Å². The molecule has 0 spiro atoms. The van der Waals surface area contributed by atoms with Crippen LogP contribution in [0.25, 0.3) is 0 Å². The van der Waals surface area contributed by atoms with Crippen LogP contribution < -0.4 is 0 Å². The van der Waals surface area contributed by atoms with Gasteiger partial charge in [-0.2, -0.15) is 9.90 Å². The van der Waals surface area contributed by atoms with Crippen molar-refractivity contribution >= 4 is 17.8 Å². The van der Waals surface area contributed by atoms with Crippen molar-refractivity contribution in [1.29, 1.82) is 0 Å². The second kappa shape index (κ2) is 2.64. The van der Waals surface area contributed by atoms with E-state index in [1.807, 2.05) is 0 Å². The van der Waals surface area contributed by atoms with E-state index in [4.69, 9.17) is 14.4 Å². The van der Waals surface area contributed by atoms with Gasteiger partial charge in [0.2, 0.25) is 0 Å². The fraction of sp³-hybridized carbons (Fsp3) is 0. The molecule has 0 fully saturated rings. The Bertz CT molecular complexity index is 54.9. The van der Waals surface area contributed by atoms with Crippen LogP contribution in [0.2, 0.25) is 0 Å². The monoisotopic (exact) mass is 134 g/mol. The molecule has 0 radical (unpaired) electrons. The Morgan fingerprint density at radius 3 is 1.50 bits per heavy atom. The molecule has 0 aromatic rings. The van der Waals surface area contributed by atoms with Gasteiger partial charge < -0.3 is 0 Å². The molecular weight excluding hydrogens is 129 g/mol. The zero-order valence-electron chi connectivity index (χ0n) is 2.83. The largest absolute Gasteiger partial charge is 0.507 e. The highest BCUT2D eigenvalue weighted by molar-refractivity contribution is 7.45. The van der Waals surface area contributed by atoms with Crippen LogP contribution in [0, 0.1) is 0 Å². The Morgan fingerprint density at radius 2 is 1.50 bits per heavy atom. The number of halogens is 1. The molecule has 0 aliphatic carbocycles. The van der Waals surface area contributed by atoms with Crippen LogP contribution in [0.5, 0.6) is 0 Å². The second-order valence-electron chi connectivity index (χ2n) is 0.473. The Balaban J connectivity index is 0. The van der Waals surface area contributed by atoms with Gasteiger partial charge in [0.25, 0.3) is 0 Å².